The van der Waals surface area contributed by atoms with Crippen LogP contribution in [0.2, 0.25) is 0 Å². The molecule has 4 rings (SSSR count). The summed E-state index contributed by atoms with van der Waals surface area (Å²) in [4.78, 5) is 18.8. The fourth-order valence-electron chi connectivity index (χ4n) is 2.78. The third-order valence-electron chi connectivity index (χ3n) is 3.95. The summed E-state index contributed by atoms with van der Waals surface area (Å²) in [7, 11) is 0. The van der Waals surface area contributed by atoms with Crippen molar-refractivity contribution in [1.29, 1.82) is 0 Å². The number of hydrogen-bond acceptors (Lipinski definition) is 6. The molecule has 0 saturated carbocycles. The second kappa shape index (κ2) is 4.96. The molecule has 0 amide bonds. The Labute approximate surface area is 128 Å². The molecule has 1 fully saturated rings. The van der Waals surface area contributed by atoms with Gasteiger partial charge in [0.15, 0.2) is 17.3 Å². The van der Waals surface area contributed by atoms with E-state index in [0.717, 1.165) is 36.4 Å². The molecule has 1 aromatic carbocycles. The summed E-state index contributed by atoms with van der Waals surface area (Å²) in [6, 6.07) is 8.01. The SMILES string of the molecule is Nc1ncc(N2CC[C@H](N)C2)nc1-c1nc2ccccc2[nH]1.[HH]. The minimum Gasteiger partial charge on any atom is -0.382 e. The number of nitrogens with one attached hydrogen (secondary N) is 1. The lowest BCUT2D eigenvalue weighted by Crippen LogP contribution is -2.27. The summed E-state index contributed by atoms with van der Waals surface area (Å²) < 4.78 is 0. The molecule has 1 atom stereocenters. The van der Waals surface area contributed by atoms with Gasteiger partial charge in [0.1, 0.15) is 5.82 Å². The van der Waals surface area contributed by atoms with Gasteiger partial charge in [-0.1, -0.05) is 12.1 Å². The molecule has 3 heterocycles. The van der Waals surface area contributed by atoms with Crippen LogP contribution < -0.4 is 16.4 Å². The predicted molar refractivity (Wildman–Crippen MR) is 88.5 cm³/mol. The zero-order valence-electron chi connectivity index (χ0n) is 12.0. The molecule has 5 N–H and O–H groups in total. The number of aromatic nitrogens is 4. The van der Waals surface area contributed by atoms with Gasteiger partial charge in [-0.05, 0) is 18.6 Å². The van der Waals surface area contributed by atoms with Gasteiger partial charge < -0.3 is 21.4 Å². The number of imidazole rings is 1. The molecule has 1 saturated heterocycles. The van der Waals surface area contributed by atoms with E-state index in [-0.39, 0.29) is 7.47 Å². The van der Waals surface area contributed by atoms with Crippen molar-refractivity contribution in [2.45, 2.75) is 12.5 Å². The zero-order chi connectivity index (χ0) is 15.1. The molecule has 0 bridgehead atoms. The Balaban J connectivity index is 0.00000156. The maximum atomic E-state index is 5.99. The van der Waals surface area contributed by atoms with Crippen LogP contribution in [0.5, 0.6) is 0 Å². The first-order chi connectivity index (χ1) is 10.7. The smallest absolute Gasteiger partial charge is 0.161 e. The minimum absolute atomic E-state index is 0. The van der Waals surface area contributed by atoms with Gasteiger partial charge in [0.25, 0.3) is 0 Å². The molecule has 3 aromatic rings. The van der Waals surface area contributed by atoms with Crippen LogP contribution in [0, 0.1) is 0 Å². The highest BCUT2D eigenvalue weighted by atomic mass is 15.2. The minimum atomic E-state index is 0. The number of benzene rings is 1. The molecule has 1 aliphatic heterocycles. The normalized spacial score (nSPS) is 18.2. The summed E-state index contributed by atoms with van der Waals surface area (Å²) in [6.07, 6.45) is 2.66. The Hall–Kier alpha value is -2.67. The average molecular weight is 297 g/mol. The Morgan fingerprint density at radius 2 is 2.14 bits per heavy atom. The third kappa shape index (κ3) is 2.15. The van der Waals surface area contributed by atoms with Gasteiger partial charge in [0.05, 0.1) is 17.2 Å². The molecular weight excluding hydrogens is 278 g/mol. The van der Waals surface area contributed by atoms with Gasteiger partial charge in [0.2, 0.25) is 0 Å². The van der Waals surface area contributed by atoms with E-state index in [0.29, 0.717) is 17.3 Å². The monoisotopic (exact) mass is 297 g/mol. The van der Waals surface area contributed by atoms with Gasteiger partial charge >= 0.3 is 0 Å². The number of para-hydroxylation sites is 2. The molecule has 0 aliphatic carbocycles. The number of aromatic amines is 1. The summed E-state index contributed by atoms with van der Waals surface area (Å²) in [5.41, 5.74) is 14.4. The van der Waals surface area contributed by atoms with Crippen LogP contribution in [0.15, 0.2) is 30.5 Å². The number of nitrogens with two attached hydrogens (primary N) is 2. The summed E-state index contributed by atoms with van der Waals surface area (Å²) in [6.45, 7) is 1.68. The van der Waals surface area contributed by atoms with Crippen molar-refractivity contribution in [2.75, 3.05) is 23.7 Å². The highest BCUT2D eigenvalue weighted by Gasteiger charge is 2.22. The highest BCUT2D eigenvalue weighted by Crippen LogP contribution is 2.26. The van der Waals surface area contributed by atoms with E-state index in [1.54, 1.807) is 6.20 Å². The predicted octanol–water partition coefficient (Wildman–Crippen LogP) is 1.39. The van der Waals surface area contributed by atoms with Crippen molar-refractivity contribution in [3.05, 3.63) is 30.5 Å². The van der Waals surface area contributed by atoms with E-state index < -0.39 is 0 Å². The first kappa shape index (κ1) is 13.0. The molecule has 7 heteroatoms. The second-order valence-corrected chi connectivity index (χ2v) is 5.56. The average Bonchev–Trinajstić information content (AvgIpc) is 3.13. The maximum absolute atomic E-state index is 5.99. The molecule has 7 nitrogen and oxygen atoms in total. The van der Waals surface area contributed by atoms with Gasteiger partial charge in [-0.25, -0.2) is 15.0 Å². The number of nitrogens with zero attached hydrogens (tertiary/aromatic N) is 4. The number of rotatable bonds is 2. The van der Waals surface area contributed by atoms with E-state index >= 15 is 0 Å². The summed E-state index contributed by atoms with van der Waals surface area (Å²) in [5, 5.41) is 0. The van der Waals surface area contributed by atoms with E-state index in [9.17, 15) is 0 Å². The van der Waals surface area contributed by atoms with Crippen molar-refractivity contribution in [3.63, 3.8) is 0 Å². The standard InChI is InChI=1S/C15H17N7.H2/c16-9-5-6-22(8-9)12-7-18-14(17)13(21-12)15-19-10-3-1-2-4-11(10)20-15;/h1-4,7,9H,5-6,8,16H2,(H2,17,18)(H,19,20);1H/t9-;/m0./s1. The van der Waals surface area contributed by atoms with Crippen LogP contribution in [0.4, 0.5) is 11.6 Å². The van der Waals surface area contributed by atoms with E-state index in [1.165, 1.54) is 0 Å². The number of H-pyrrole nitrogens is 1. The van der Waals surface area contributed by atoms with Crippen molar-refractivity contribution in [2.24, 2.45) is 5.73 Å². The third-order valence-corrected chi connectivity index (χ3v) is 3.95. The Morgan fingerprint density at radius 3 is 2.91 bits per heavy atom. The van der Waals surface area contributed by atoms with Gasteiger partial charge in [0, 0.05) is 20.6 Å². The molecule has 22 heavy (non-hydrogen) atoms. The van der Waals surface area contributed by atoms with Gasteiger partial charge in [-0.3, -0.25) is 0 Å². The lowest BCUT2D eigenvalue weighted by atomic mass is 10.3. The first-order valence-electron chi connectivity index (χ1n) is 7.29. The largest absolute Gasteiger partial charge is 0.382 e. The summed E-state index contributed by atoms with van der Waals surface area (Å²) >= 11 is 0. The first-order valence-corrected chi connectivity index (χ1v) is 7.29. The van der Waals surface area contributed by atoms with Crippen molar-refractivity contribution >= 4 is 22.7 Å². The Bertz CT molecular complexity index is 799. The van der Waals surface area contributed by atoms with Crippen LogP contribution in [0.3, 0.4) is 0 Å². The summed E-state index contributed by atoms with van der Waals surface area (Å²) in [5.74, 6) is 1.79. The van der Waals surface area contributed by atoms with E-state index in [1.807, 2.05) is 24.3 Å². The lowest BCUT2D eigenvalue weighted by Gasteiger charge is -2.17. The van der Waals surface area contributed by atoms with Crippen molar-refractivity contribution in [1.82, 2.24) is 19.9 Å². The molecule has 0 spiro atoms. The molecule has 0 unspecified atom stereocenters. The number of hydrogen-bond donors (Lipinski definition) is 3. The van der Waals surface area contributed by atoms with Crippen LogP contribution in [0.25, 0.3) is 22.6 Å². The Morgan fingerprint density at radius 1 is 1.27 bits per heavy atom. The molecule has 2 aromatic heterocycles. The molecular formula is C15H19N7. The second-order valence-electron chi connectivity index (χ2n) is 5.56. The quantitative estimate of drug-likeness (QED) is 0.659. The van der Waals surface area contributed by atoms with Crippen molar-refractivity contribution in [3.8, 4) is 11.5 Å². The van der Waals surface area contributed by atoms with E-state index in [2.05, 4.69) is 24.8 Å². The van der Waals surface area contributed by atoms with Crippen LogP contribution in [-0.2, 0) is 0 Å². The van der Waals surface area contributed by atoms with Gasteiger partial charge in [-0.15, -0.1) is 0 Å². The highest BCUT2D eigenvalue weighted by molar-refractivity contribution is 5.80. The zero-order valence-corrected chi connectivity index (χ0v) is 12.0. The topological polar surface area (TPSA) is 110 Å². The maximum Gasteiger partial charge on any atom is 0.161 e. The van der Waals surface area contributed by atoms with Gasteiger partial charge in [-0.2, -0.15) is 0 Å². The lowest BCUT2D eigenvalue weighted by molar-refractivity contribution is 0.751. The molecule has 114 valence electrons. The van der Waals surface area contributed by atoms with Crippen molar-refractivity contribution < 1.29 is 1.43 Å². The van der Waals surface area contributed by atoms with Crippen LogP contribution >= 0.6 is 0 Å². The number of anilines is 2. The molecule has 1 aliphatic rings. The fourth-order valence-corrected chi connectivity index (χ4v) is 2.78. The Kier molecular flexibility index (Phi) is 2.93. The van der Waals surface area contributed by atoms with Crippen LogP contribution in [0.1, 0.15) is 7.85 Å². The number of nitrogen functional groups attached to an aromatic ring is 1. The molecule has 0 radical (unpaired) electrons. The van der Waals surface area contributed by atoms with E-state index in [4.69, 9.17) is 11.5 Å². The number of fused-ring (bicyclic) bond motifs is 1. The fraction of sp³-hybridized carbons (Fsp3) is 0.267. The van der Waals surface area contributed by atoms with Crippen LogP contribution in [-0.4, -0.2) is 39.1 Å².